The van der Waals surface area contributed by atoms with Gasteiger partial charge in [-0.2, -0.15) is 0 Å². The summed E-state index contributed by atoms with van der Waals surface area (Å²) in [5.41, 5.74) is 3.35. The molecule has 4 rings (SSSR count). The molecule has 0 unspecified atom stereocenters. The third-order valence-corrected chi connectivity index (χ3v) is 5.49. The van der Waals surface area contributed by atoms with Crippen molar-refractivity contribution in [3.8, 4) is 39.8 Å². The van der Waals surface area contributed by atoms with Crippen LogP contribution in [0.15, 0.2) is 67.0 Å². The molecular weight excluding hydrogens is 462 g/mol. The zero-order chi connectivity index (χ0) is 25.3. The highest BCUT2D eigenvalue weighted by Gasteiger charge is 2.13. The van der Waals surface area contributed by atoms with Gasteiger partial charge in [-0.15, -0.1) is 5.10 Å². The number of rotatable bonds is 10. The minimum Gasteiger partial charge on any atom is -0.496 e. The number of methoxy groups -OCH3 is 3. The second-order valence-corrected chi connectivity index (χ2v) is 7.78. The van der Waals surface area contributed by atoms with Crippen LogP contribution in [0.4, 0.5) is 4.79 Å². The van der Waals surface area contributed by atoms with Gasteiger partial charge < -0.3 is 24.3 Å². The van der Waals surface area contributed by atoms with Crippen LogP contribution in [0.25, 0.3) is 16.8 Å². The normalized spacial score (nSPS) is 10.5. The first kappa shape index (κ1) is 24.5. The van der Waals surface area contributed by atoms with Crippen molar-refractivity contribution in [2.45, 2.75) is 12.8 Å². The molecule has 0 radical (unpaired) electrons. The van der Waals surface area contributed by atoms with E-state index in [4.69, 9.17) is 18.9 Å². The molecule has 0 atom stereocenters. The molecule has 4 aromatic rings. The molecule has 36 heavy (non-hydrogen) atoms. The molecule has 10 nitrogen and oxygen atoms in total. The Hall–Kier alpha value is -4.60. The zero-order valence-corrected chi connectivity index (χ0v) is 20.3. The fourth-order valence-corrected chi connectivity index (χ4v) is 3.75. The molecule has 0 aliphatic rings. The van der Waals surface area contributed by atoms with Gasteiger partial charge in [-0.3, -0.25) is 0 Å². The van der Waals surface area contributed by atoms with Crippen LogP contribution < -0.4 is 24.3 Å². The smallest absolute Gasteiger partial charge is 0.412 e. The van der Waals surface area contributed by atoms with E-state index in [1.165, 1.54) is 11.0 Å². The van der Waals surface area contributed by atoms with Crippen molar-refractivity contribution in [1.29, 1.82) is 0 Å². The van der Waals surface area contributed by atoms with Crippen LogP contribution in [0.5, 0.6) is 23.0 Å². The number of nitrogens with zero attached hydrogens (tertiary/aromatic N) is 4. The van der Waals surface area contributed by atoms with Gasteiger partial charge in [0.1, 0.15) is 17.8 Å². The minimum absolute atomic E-state index is 0.348. The van der Waals surface area contributed by atoms with E-state index in [9.17, 15) is 4.79 Å². The van der Waals surface area contributed by atoms with Crippen molar-refractivity contribution in [3.63, 3.8) is 0 Å². The molecule has 0 aliphatic heterocycles. The molecule has 0 spiro atoms. The summed E-state index contributed by atoms with van der Waals surface area (Å²) in [6.45, 7) is 0.444. The lowest BCUT2D eigenvalue weighted by Crippen LogP contribution is -2.28. The van der Waals surface area contributed by atoms with E-state index >= 15 is 0 Å². The van der Waals surface area contributed by atoms with Gasteiger partial charge in [0.2, 0.25) is 0 Å². The Morgan fingerprint density at radius 1 is 0.917 bits per heavy atom. The van der Waals surface area contributed by atoms with Crippen LogP contribution in [-0.2, 0) is 6.42 Å². The highest BCUT2D eigenvalue weighted by atomic mass is 16.6. The van der Waals surface area contributed by atoms with Gasteiger partial charge in [-0.05, 0) is 64.7 Å². The predicted octanol–water partition coefficient (Wildman–Crippen LogP) is 4.08. The molecule has 1 heterocycles. The highest BCUT2D eigenvalue weighted by Crippen LogP contribution is 2.34. The number of hydrogen-bond donors (Lipinski definition) is 1. The Morgan fingerprint density at radius 2 is 1.72 bits per heavy atom. The van der Waals surface area contributed by atoms with Crippen LogP contribution in [0, 0.1) is 0 Å². The van der Waals surface area contributed by atoms with Gasteiger partial charge in [-0.1, -0.05) is 24.3 Å². The van der Waals surface area contributed by atoms with Crippen molar-refractivity contribution in [2.24, 2.45) is 0 Å². The van der Waals surface area contributed by atoms with Gasteiger partial charge in [0.15, 0.2) is 11.5 Å². The lowest BCUT2D eigenvalue weighted by Gasteiger charge is -2.13. The van der Waals surface area contributed by atoms with E-state index in [0.29, 0.717) is 35.2 Å². The van der Waals surface area contributed by atoms with Gasteiger partial charge in [-0.25, -0.2) is 9.48 Å². The molecule has 3 aromatic carbocycles. The van der Waals surface area contributed by atoms with Gasteiger partial charge in [0.05, 0.1) is 27.0 Å². The second kappa shape index (κ2) is 11.7. The average molecular weight is 490 g/mol. The number of carbonyl (C=O) groups excluding carboxylic acids is 1. The number of tetrazole rings is 1. The van der Waals surface area contributed by atoms with E-state index in [-0.39, 0.29) is 0 Å². The topological polar surface area (TPSA) is 110 Å². The SMILES string of the molecule is COc1ccc(CCCNC(=O)Oc2cc(-c3ccccc3OC)cc(-n3cnnn3)c2)cc1OC. The minimum atomic E-state index is -0.554. The van der Waals surface area contributed by atoms with Crippen LogP contribution in [0.3, 0.4) is 0 Å². The molecule has 0 aliphatic carbocycles. The fraction of sp³-hybridized carbons (Fsp3) is 0.231. The highest BCUT2D eigenvalue weighted by molar-refractivity contribution is 5.76. The first-order valence-electron chi connectivity index (χ1n) is 11.3. The van der Waals surface area contributed by atoms with Gasteiger partial charge >= 0.3 is 6.09 Å². The molecule has 10 heteroatoms. The molecule has 1 N–H and O–H groups in total. The summed E-state index contributed by atoms with van der Waals surface area (Å²) in [7, 11) is 4.81. The molecular formula is C26H27N5O5. The lowest BCUT2D eigenvalue weighted by atomic mass is 10.0. The number of para-hydroxylation sites is 1. The molecule has 0 fully saturated rings. The van der Waals surface area contributed by atoms with Gasteiger partial charge in [0.25, 0.3) is 0 Å². The van der Waals surface area contributed by atoms with E-state index < -0.39 is 6.09 Å². The maximum atomic E-state index is 12.5. The second-order valence-electron chi connectivity index (χ2n) is 7.78. The van der Waals surface area contributed by atoms with Crippen LogP contribution in [0.1, 0.15) is 12.0 Å². The monoisotopic (exact) mass is 489 g/mol. The largest absolute Gasteiger partial charge is 0.496 e. The summed E-state index contributed by atoms with van der Waals surface area (Å²) in [5.74, 6) is 2.40. The number of ether oxygens (including phenoxy) is 4. The third kappa shape index (κ3) is 5.90. The molecule has 1 aromatic heterocycles. The Bertz CT molecular complexity index is 1310. The summed E-state index contributed by atoms with van der Waals surface area (Å²) < 4.78 is 23.2. The van der Waals surface area contributed by atoms with Crippen molar-refractivity contribution in [2.75, 3.05) is 27.9 Å². The number of carbonyl (C=O) groups is 1. The Labute approximate surface area is 208 Å². The van der Waals surface area contributed by atoms with E-state index in [2.05, 4.69) is 20.8 Å². The number of aryl methyl sites for hydroxylation is 1. The molecule has 186 valence electrons. The fourth-order valence-electron chi connectivity index (χ4n) is 3.75. The summed E-state index contributed by atoms with van der Waals surface area (Å²) in [6.07, 6.45) is 2.40. The quantitative estimate of drug-likeness (QED) is 0.332. The van der Waals surface area contributed by atoms with Crippen LogP contribution in [-0.4, -0.2) is 54.2 Å². The molecule has 0 bridgehead atoms. The molecule has 0 saturated carbocycles. The summed E-state index contributed by atoms with van der Waals surface area (Å²) in [5, 5.41) is 14.1. The summed E-state index contributed by atoms with van der Waals surface area (Å²) >= 11 is 0. The van der Waals surface area contributed by atoms with Crippen molar-refractivity contribution < 1.29 is 23.7 Å². The number of benzene rings is 3. The number of nitrogens with one attached hydrogen (secondary N) is 1. The van der Waals surface area contributed by atoms with E-state index in [0.717, 1.165) is 29.5 Å². The maximum absolute atomic E-state index is 12.5. The average Bonchev–Trinajstić information content (AvgIpc) is 3.46. The van der Waals surface area contributed by atoms with Crippen molar-refractivity contribution in [1.82, 2.24) is 25.5 Å². The van der Waals surface area contributed by atoms with Crippen molar-refractivity contribution in [3.05, 3.63) is 72.6 Å². The number of aromatic nitrogens is 4. The summed E-state index contributed by atoms with van der Waals surface area (Å²) in [6, 6.07) is 18.7. The summed E-state index contributed by atoms with van der Waals surface area (Å²) in [4.78, 5) is 12.5. The zero-order valence-electron chi connectivity index (χ0n) is 20.3. The first-order chi connectivity index (χ1) is 17.6. The van der Waals surface area contributed by atoms with E-state index in [1.807, 2.05) is 48.5 Å². The standard InChI is InChI=1S/C26H27N5O5/c1-33-23-9-5-4-8-22(23)19-14-20(31-17-28-29-30-31)16-21(15-19)36-26(32)27-12-6-7-18-10-11-24(34-2)25(13-18)35-3/h4-5,8-11,13-17H,6-7,12H2,1-3H3,(H,27,32). The van der Waals surface area contributed by atoms with Crippen molar-refractivity contribution >= 4 is 6.09 Å². The number of hydrogen-bond acceptors (Lipinski definition) is 8. The van der Waals surface area contributed by atoms with Gasteiger partial charge in [0, 0.05) is 18.2 Å². The Morgan fingerprint density at radius 3 is 2.47 bits per heavy atom. The van der Waals surface area contributed by atoms with Crippen LogP contribution in [0.2, 0.25) is 0 Å². The molecule has 0 saturated heterocycles. The molecule has 1 amide bonds. The Balaban J connectivity index is 1.43. The predicted molar refractivity (Wildman–Crippen MR) is 133 cm³/mol. The maximum Gasteiger partial charge on any atom is 0.412 e. The van der Waals surface area contributed by atoms with Crippen LogP contribution >= 0.6 is 0 Å². The van der Waals surface area contributed by atoms with E-state index in [1.54, 1.807) is 33.5 Å². The number of amides is 1. The first-order valence-corrected chi connectivity index (χ1v) is 11.3. The third-order valence-electron chi connectivity index (χ3n) is 5.49. The lowest BCUT2D eigenvalue weighted by molar-refractivity contribution is 0.200. The Kier molecular flexibility index (Phi) is 7.97.